The van der Waals surface area contributed by atoms with Gasteiger partial charge in [0.25, 0.3) is 0 Å². The molecule has 8 nitrogen and oxygen atoms in total. The molecule has 166 valence electrons. The molecule has 0 unspecified atom stereocenters. The van der Waals surface area contributed by atoms with E-state index in [4.69, 9.17) is 28.4 Å². The van der Waals surface area contributed by atoms with Gasteiger partial charge in [-0.15, -0.1) is 0 Å². The summed E-state index contributed by atoms with van der Waals surface area (Å²) in [5.74, 6) is -1.91. The molecule has 3 aliphatic rings. The number of hydrogen-bond acceptors (Lipinski definition) is 8. The van der Waals surface area contributed by atoms with Crippen LogP contribution in [0.25, 0.3) is 0 Å². The van der Waals surface area contributed by atoms with Crippen molar-refractivity contribution in [2.45, 2.75) is 89.5 Å². The summed E-state index contributed by atoms with van der Waals surface area (Å²) in [4.78, 5) is 12.8. The first-order valence-electron chi connectivity index (χ1n) is 10.4. The Morgan fingerprint density at radius 2 is 1.83 bits per heavy atom. The molecule has 0 aromatic heterocycles. The third-order valence-corrected chi connectivity index (χ3v) is 5.48. The Balaban J connectivity index is 1.42. The monoisotopic (exact) mass is 421 g/mol. The van der Waals surface area contributed by atoms with Crippen molar-refractivity contribution in [2.24, 2.45) is 0 Å². The van der Waals surface area contributed by atoms with Crippen LogP contribution in [0.5, 0.6) is 0 Å². The molecular formula is C22H31NO7. The SMILES string of the molecule is C[C@H](NCc1ccccc1)C(=O)O[C@H]1[C@H]2OC(C)(C)O[C@H]2O[C@@H]1[C@H]1COC(C)(C)O1. The molecule has 0 bridgehead atoms. The average molecular weight is 421 g/mol. The highest BCUT2D eigenvalue weighted by Crippen LogP contribution is 2.42. The predicted octanol–water partition coefficient (Wildman–Crippen LogP) is 2.10. The zero-order valence-corrected chi connectivity index (χ0v) is 18.1. The van der Waals surface area contributed by atoms with Crippen molar-refractivity contribution in [1.82, 2.24) is 5.32 Å². The Labute approximate surface area is 177 Å². The number of carbonyl (C=O) groups excluding carboxylic acids is 1. The molecule has 4 rings (SSSR count). The number of hydrogen-bond donors (Lipinski definition) is 1. The second kappa shape index (κ2) is 8.18. The maximum atomic E-state index is 12.8. The highest BCUT2D eigenvalue weighted by Gasteiger charge is 2.60. The molecule has 30 heavy (non-hydrogen) atoms. The van der Waals surface area contributed by atoms with Gasteiger partial charge in [0.05, 0.1) is 6.61 Å². The Hall–Kier alpha value is -1.55. The Morgan fingerprint density at radius 1 is 1.10 bits per heavy atom. The lowest BCUT2D eigenvalue weighted by Gasteiger charge is -2.29. The van der Waals surface area contributed by atoms with Crippen LogP contribution in [0.4, 0.5) is 0 Å². The minimum atomic E-state index is -0.811. The maximum absolute atomic E-state index is 12.8. The van der Waals surface area contributed by atoms with E-state index in [0.29, 0.717) is 13.2 Å². The van der Waals surface area contributed by atoms with Gasteiger partial charge in [-0.25, -0.2) is 0 Å². The summed E-state index contributed by atoms with van der Waals surface area (Å²) in [5.41, 5.74) is 1.09. The normalized spacial score (nSPS) is 35.2. The highest BCUT2D eigenvalue weighted by molar-refractivity contribution is 5.75. The molecule has 3 aliphatic heterocycles. The summed E-state index contributed by atoms with van der Waals surface area (Å²) in [6.45, 7) is 9.99. The molecule has 0 saturated carbocycles. The minimum Gasteiger partial charge on any atom is -0.455 e. The van der Waals surface area contributed by atoms with Crippen molar-refractivity contribution in [2.75, 3.05) is 6.61 Å². The molecule has 8 heteroatoms. The number of rotatable bonds is 6. The van der Waals surface area contributed by atoms with E-state index in [1.54, 1.807) is 6.92 Å². The molecule has 3 heterocycles. The van der Waals surface area contributed by atoms with Gasteiger partial charge in [-0.3, -0.25) is 4.79 Å². The lowest BCUT2D eigenvalue weighted by molar-refractivity contribution is -0.235. The molecule has 6 atom stereocenters. The molecule has 3 fully saturated rings. The van der Waals surface area contributed by atoms with Crippen molar-refractivity contribution in [3.05, 3.63) is 35.9 Å². The van der Waals surface area contributed by atoms with Crippen LogP contribution in [0.15, 0.2) is 30.3 Å². The van der Waals surface area contributed by atoms with Crippen LogP contribution in [0, 0.1) is 0 Å². The van der Waals surface area contributed by atoms with E-state index in [1.807, 2.05) is 58.0 Å². The van der Waals surface area contributed by atoms with Crippen LogP contribution < -0.4 is 5.32 Å². The quantitative estimate of drug-likeness (QED) is 0.699. The van der Waals surface area contributed by atoms with Crippen LogP contribution in [0.2, 0.25) is 0 Å². The van der Waals surface area contributed by atoms with Crippen LogP contribution in [0.1, 0.15) is 40.2 Å². The fourth-order valence-electron chi connectivity index (χ4n) is 4.00. The van der Waals surface area contributed by atoms with Gasteiger partial charge in [0.1, 0.15) is 18.2 Å². The molecular weight excluding hydrogens is 390 g/mol. The minimum absolute atomic E-state index is 0.344. The lowest BCUT2D eigenvalue weighted by Crippen LogP contribution is -2.47. The van der Waals surface area contributed by atoms with E-state index < -0.39 is 42.2 Å². The third kappa shape index (κ3) is 4.69. The molecule has 1 aromatic carbocycles. The topological polar surface area (TPSA) is 84.5 Å². The van der Waals surface area contributed by atoms with Crippen molar-refractivity contribution < 1.29 is 33.2 Å². The standard InChI is InChI=1S/C22H31NO7/c1-13(23-11-14-9-7-6-8-10-14)19(24)26-17-16(15-12-25-21(2,3)28-15)27-20-18(17)29-22(4,5)30-20/h6-10,13,15-18,20,23H,11-12H2,1-5H3/t13-,15+,16+,17+,18+,20+/m0/s1. The van der Waals surface area contributed by atoms with Crippen molar-refractivity contribution in [3.8, 4) is 0 Å². The van der Waals surface area contributed by atoms with Gasteiger partial charge in [-0.1, -0.05) is 30.3 Å². The average Bonchev–Trinajstić information content (AvgIpc) is 3.30. The number of ether oxygens (including phenoxy) is 6. The van der Waals surface area contributed by atoms with E-state index in [-0.39, 0.29) is 12.1 Å². The fourth-order valence-corrected chi connectivity index (χ4v) is 4.00. The van der Waals surface area contributed by atoms with Crippen molar-refractivity contribution in [1.29, 1.82) is 0 Å². The largest absolute Gasteiger partial charge is 0.455 e. The summed E-state index contributed by atoms with van der Waals surface area (Å²) in [6.07, 6.45) is -2.73. The van der Waals surface area contributed by atoms with E-state index in [2.05, 4.69) is 5.32 Å². The highest BCUT2D eigenvalue weighted by atomic mass is 16.8. The van der Waals surface area contributed by atoms with Crippen LogP contribution in [0.3, 0.4) is 0 Å². The Bertz CT molecular complexity index is 753. The summed E-state index contributed by atoms with van der Waals surface area (Å²) < 4.78 is 35.4. The molecule has 0 radical (unpaired) electrons. The molecule has 3 saturated heterocycles. The number of benzene rings is 1. The van der Waals surface area contributed by atoms with E-state index in [0.717, 1.165) is 5.56 Å². The van der Waals surface area contributed by atoms with Crippen molar-refractivity contribution >= 4 is 5.97 Å². The van der Waals surface area contributed by atoms with Gasteiger partial charge in [0.2, 0.25) is 0 Å². The summed E-state index contributed by atoms with van der Waals surface area (Å²) >= 11 is 0. The molecule has 0 aliphatic carbocycles. The Morgan fingerprint density at radius 3 is 2.50 bits per heavy atom. The molecule has 0 spiro atoms. The predicted molar refractivity (Wildman–Crippen MR) is 106 cm³/mol. The van der Waals surface area contributed by atoms with Gasteiger partial charge in [0, 0.05) is 6.54 Å². The maximum Gasteiger partial charge on any atom is 0.323 e. The zero-order valence-electron chi connectivity index (χ0n) is 18.1. The lowest BCUT2D eigenvalue weighted by atomic mass is 10.1. The van der Waals surface area contributed by atoms with E-state index in [9.17, 15) is 4.79 Å². The van der Waals surface area contributed by atoms with Gasteiger partial charge in [-0.2, -0.15) is 0 Å². The second-order valence-corrected chi connectivity index (χ2v) is 8.93. The fraction of sp³-hybridized carbons (Fsp3) is 0.682. The first kappa shape index (κ1) is 21.7. The van der Waals surface area contributed by atoms with Crippen LogP contribution in [-0.4, -0.2) is 60.9 Å². The van der Waals surface area contributed by atoms with Gasteiger partial charge in [-0.05, 0) is 40.2 Å². The number of nitrogens with one attached hydrogen (secondary N) is 1. The van der Waals surface area contributed by atoms with Gasteiger partial charge < -0.3 is 33.7 Å². The number of carbonyl (C=O) groups is 1. The summed E-state index contributed by atoms with van der Waals surface area (Å²) in [5, 5.41) is 3.20. The summed E-state index contributed by atoms with van der Waals surface area (Å²) in [6, 6.07) is 9.38. The van der Waals surface area contributed by atoms with E-state index >= 15 is 0 Å². The third-order valence-electron chi connectivity index (χ3n) is 5.48. The summed E-state index contributed by atoms with van der Waals surface area (Å²) in [7, 11) is 0. The van der Waals surface area contributed by atoms with Crippen LogP contribution >= 0.6 is 0 Å². The van der Waals surface area contributed by atoms with Gasteiger partial charge >= 0.3 is 5.97 Å². The molecule has 1 N–H and O–H groups in total. The first-order chi connectivity index (χ1) is 14.1. The van der Waals surface area contributed by atoms with Crippen LogP contribution in [-0.2, 0) is 39.8 Å². The van der Waals surface area contributed by atoms with E-state index in [1.165, 1.54) is 0 Å². The van der Waals surface area contributed by atoms with Gasteiger partial charge in [0.15, 0.2) is 30.1 Å². The first-order valence-corrected chi connectivity index (χ1v) is 10.4. The number of esters is 1. The Kier molecular flexibility index (Phi) is 5.91. The zero-order chi connectivity index (χ0) is 21.5. The number of fused-ring (bicyclic) bond motifs is 1. The smallest absolute Gasteiger partial charge is 0.323 e. The second-order valence-electron chi connectivity index (χ2n) is 8.93. The molecule has 0 amide bonds. The molecule has 1 aromatic rings. The van der Waals surface area contributed by atoms with Crippen molar-refractivity contribution in [3.63, 3.8) is 0 Å².